The van der Waals surface area contributed by atoms with Crippen LogP contribution in [0.1, 0.15) is 29.8 Å². The summed E-state index contributed by atoms with van der Waals surface area (Å²) in [7, 11) is 0. The van der Waals surface area contributed by atoms with Crippen LogP contribution in [-0.2, 0) is 6.18 Å². The average Bonchev–Trinajstić information content (AvgIpc) is 2.54. The Kier molecular flexibility index (Phi) is 7.44. The number of halogens is 4. The summed E-state index contributed by atoms with van der Waals surface area (Å²) in [6, 6.07) is 4.47. The van der Waals surface area contributed by atoms with Crippen LogP contribution in [0.2, 0.25) is 0 Å². The molecular weight excluding hydrogens is 388 g/mol. The smallest absolute Gasteiger partial charge is 0.416 e. The third-order valence-electron chi connectivity index (χ3n) is 2.88. The molecule has 0 saturated heterocycles. The highest BCUT2D eigenvalue weighted by Gasteiger charge is 2.31. The number of nitrogens with zero attached hydrogens (tertiary/aromatic N) is 1. The number of hydrogen-bond acceptors (Lipinski definition) is 5. The van der Waals surface area contributed by atoms with E-state index in [2.05, 4.69) is 0 Å². The van der Waals surface area contributed by atoms with E-state index in [-0.39, 0.29) is 11.8 Å². The summed E-state index contributed by atoms with van der Waals surface area (Å²) >= 11 is 0. The van der Waals surface area contributed by atoms with E-state index in [1.54, 1.807) is 0 Å². The first-order chi connectivity index (χ1) is 12.8. The standard InChI is InChI=1S/C14H7F4NO5.C3H9N/c15-10-5-7(14(16,17)18)1-4-12(10)24-8-2-3-11(19(22)23)9(6-8)13(20)21;1-3(2)4/h1-6H,(H,20,21);3H,4H2,1-2H3. The van der Waals surface area contributed by atoms with Crippen LogP contribution in [0.5, 0.6) is 11.5 Å². The summed E-state index contributed by atoms with van der Waals surface area (Å²) in [4.78, 5) is 20.8. The second kappa shape index (κ2) is 9.13. The Morgan fingerprint density at radius 1 is 1.21 bits per heavy atom. The van der Waals surface area contributed by atoms with Crippen molar-refractivity contribution in [1.82, 2.24) is 0 Å². The Morgan fingerprint density at radius 3 is 2.21 bits per heavy atom. The van der Waals surface area contributed by atoms with Crippen LogP contribution < -0.4 is 10.5 Å². The maximum atomic E-state index is 13.7. The van der Waals surface area contributed by atoms with Crippen molar-refractivity contribution in [3.05, 3.63) is 63.5 Å². The highest BCUT2D eigenvalue weighted by atomic mass is 19.4. The van der Waals surface area contributed by atoms with Gasteiger partial charge in [0.1, 0.15) is 11.3 Å². The summed E-state index contributed by atoms with van der Waals surface area (Å²) in [5.41, 5.74) is 2.48. The van der Waals surface area contributed by atoms with Gasteiger partial charge in [-0.3, -0.25) is 10.1 Å². The van der Waals surface area contributed by atoms with Crippen molar-refractivity contribution >= 4 is 11.7 Å². The number of aromatic carboxylic acids is 1. The highest BCUT2D eigenvalue weighted by Crippen LogP contribution is 2.34. The van der Waals surface area contributed by atoms with E-state index in [0.717, 1.165) is 24.3 Å². The summed E-state index contributed by atoms with van der Waals surface area (Å²) in [6.07, 6.45) is -4.73. The van der Waals surface area contributed by atoms with E-state index < -0.39 is 45.4 Å². The van der Waals surface area contributed by atoms with Gasteiger partial charge in [0.05, 0.1) is 10.5 Å². The number of rotatable bonds is 4. The minimum absolute atomic E-state index is 0.221. The Balaban J connectivity index is 0.000000892. The third kappa shape index (κ3) is 6.50. The van der Waals surface area contributed by atoms with Gasteiger partial charge in [0.2, 0.25) is 0 Å². The molecule has 0 saturated carbocycles. The van der Waals surface area contributed by atoms with Gasteiger partial charge in [-0.1, -0.05) is 13.8 Å². The first-order valence-electron chi connectivity index (χ1n) is 7.64. The molecule has 0 aromatic heterocycles. The molecule has 3 N–H and O–H groups in total. The lowest BCUT2D eigenvalue weighted by molar-refractivity contribution is -0.385. The summed E-state index contributed by atoms with van der Waals surface area (Å²) in [5, 5.41) is 19.6. The summed E-state index contributed by atoms with van der Waals surface area (Å²) in [5.74, 6) is -3.80. The molecule has 2 rings (SSSR count). The fourth-order valence-corrected chi connectivity index (χ4v) is 1.80. The minimum atomic E-state index is -4.73. The molecule has 0 heterocycles. The van der Waals surface area contributed by atoms with Crippen LogP contribution in [-0.4, -0.2) is 22.0 Å². The molecule has 2 aromatic rings. The van der Waals surface area contributed by atoms with Gasteiger partial charge in [0.15, 0.2) is 11.6 Å². The molecule has 0 aliphatic rings. The van der Waals surface area contributed by atoms with Crippen molar-refractivity contribution < 1.29 is 37.1 Å². The average molecular weight is 404 g/mol. The Bertz CT molecular complexity index is 866. The lowest BCUT2D eigenvalue weighted by Crippen LogP contribution is -2.06. The Labute approximate surface area is 156 Å². The summed E-state index contributed by atoms with van der Waals surface area (Å²) in [6.45, 7) is 3.89. The quantitative estimate of drug-likeness (QED) is 0.437. The van der Waals surface area contributed by atoms with Crippen LogP contribution >= 0.6 is 0 Å². The van der Waals surface area contributed by atoms with Gasteiger partial charge >= 0.3 is 12.1 Å². The van der Waals surface area contributed by atoms with E-state index in [4.69, 9.17) is 15.6 Å². The van der Waals surface area contributed by atoms with Gasteiger partial charge in [0.25, 0.3) is 5.69 Å². The minimum Gasteiger partial charge on any atom is -0.477 e. The van der Waals surface area contributed by atoms with E-state index in [1.165, 1.54) is 0 Å². The lowest BCUT2D eigenvalue weighted by Gasteiger charge is -2.10. The fourth-order valence-electron chi connectivity index (χ4n) is 1.80. The number of nitro benzene ring substituents is 1. The molecule has 0 unspecified atom stereocenters. The van der Waals surface area contributed by atoms with Crippen molar-refractivity contribution in [1.29, 1.82) is 0 Å². The van der Waals surface area contributed by atoms with Gasteiger partial charge < -0.3 is 15.6 Å². The zero-order valence-electron chi connectivity index (χ0n) is 14.7. The van der Waals surface area contributed by atoms with Crippen LogP contribution in [0.4, 0.5) is 23.2 Å². The highest BCUT2D eigenvalue weighted by molar-refractivity contribution is 5.92. The first-order valence-corrected chi connectivity index (χ1v) is 7.64. The molecule has 0 radical (unpaired) electrons. The van der Waals surface area contributed by atoms with Gasteiger partial charge in [-0.15, -0.1) is 0 Å². The zero-order chi connectivity index (χ0) is 21.6. The van der Waals surface area contributed by atoms with Crippen molar-refractivity contribution in [2.75, 3.05) is 0 Å². The second-order valence-electron chi connectivity index (χ2n) is 5.73. The molecule has 7 nitrogen and oxygen atoms in total. The number of benzene rings is 2. The number of carboxylic acid groups (broad SMARTS) is 1. The largest absolute Gasteiger partial charge is 0.477 e. The predicted octanol–water partition coefficient (Wildman–Crippen LogP) is 4.60. The van der Waals surface area contributed by atoms with Crippen molar-refractivity contribution in [2.45, 2.75) is 26.1 Å². The lowest BCUT2D eigenvalue weighted by atomic mass is 10.1. The molecule has 0 bridgehead atoms. The number of alkyl halides is 3. The molecule has 0 atom stereocenters. The van der Waals surface area contributed by atoms with Gasteiger partial charge in [-0.25, -0.2) is 9.18 Å². The molecule has 0 fully saturated rings. The van der Waals surface area contributed by atoms with Crippen LogP contribution in [0.25, 0.3) is 0 Å². The number of hydrogen-bond donors (Lipinski definition) is 2. The molecule has 28 heavy (non-hydrogen) atoms. The molecule has 0 amide bonds. The third-order valence-corrected chi connectivity index (χ3v) is 2.88. The molecule has 11 heteroatoms. The number of carbonyl (C=O) groups is 1. The molecule has 0 aliphatic heterocycles. The summed E-state index contributed by atoms with van der Waals surface area (Å²) < 4.78 is 56.0. The Morgan fingerprint density at radius 2 is 1.79 bits per heavy atom. The fraction of sp³-hybridized carbons (Fsp3) is 0.235. The molecule has 0 aliphatic carbocycles. The maximum Gasteiger partial charge on any atom is 0.416 e. The Hall–Kier alpha value is -3.21. The first kappa shape index (κ1) is 22.8. The number of carboxylic acids is 1. The van der Waals surface area contributed by atoms with Crippen LogP contribution in [0, 0.1) is 15.9 Å². The molecular formula is C17H16F4N2O5. The topological polar surface area (TPSA) is 116 Å². The van der Waals surface area contributed by atoms with Gasteiger partial charge in [0, 0.05) is 12.1 Å². The number of nitro groups is 1. The normalized spacial score (nSPS) is 10.9. The molecule has 2 aromatic carbocycles. The van der Waals surface area contributed by atoms with Crippen LogP contribution in [0.3, 0.4) is 0 Å². The van der Waals surface area contributed by atoms with Crippen molar-refractivity contribution in [2.24, 2.45) is 5.73 Å². The molecule has 0 spiro atoms. The maximum absolute atomic E-state index is 13.7. The zero-order valence-corrected chi connectivity index (χ0v) is 14.7. The number of ether oxygens (including phenoxy) is 1. The van der Waals surface area contributed by atoms with Crippen molar-refractivity contribution in [3.8, 4) is 11.5 Å². The van der Waals surface area contributed by atoms with E-state index in [9.17, 15) is 32.5 Å². The SMILES string of the molecule is CC(C)N.O=C(O)c1cc(Oc2ccc(C(F)(F)F)cc2F)ccc1[N+](=O)[O-]. The van der Waals surface area contributed by atoms with Gasteiger partial charge in [-0.2, -0.15) is 13.2 Å². The van der Waals surface area contributed by atoms with Gasteiger partial charge in [-0.05, 0) is 30.3 Å². The van der Waals surface area contributed by atoms with Crippen LogP contribution in [0.15, 0.2) is 36.4 Å². The van der Waals surface area contributed by atoms with Crippen molar-refractivity contribution in [3.63, 3.8) is 0 Å². The van der Waals surface area contributed by atoms with E-state index in [1.807, 2.05) is 13.8 Å². The molecule has 152 valence electrons. The van der Waals surface area contributed by atoms with E-state index >= 15 is 0 Å². The predicted molar refractivity (Wildman–Crippen MR) is 90.9 cm³/mol. The monoisotopic (exact) mass is 404 g/mol. The van der Waals surface area contributed by atoms with E-state index in [0.29, 0.717) is 12.1 Å². The number of nitrogens with two attached hydrogens (primary N) is 1. The second-order valence-corrected chi connectivity index (χ2v) is 5.73.